The zero-order valence-electron chi connectivity index (χ0n) is 23.1. The molecule has 3 N–H and O–H groups in total. The molecule has 0 saturated carbocycles. The quantitative estimate of drug-likeness (QED) is 0.286. The number of carbonyl (C=O) groups excluding carboxylic acids is 3. The normalized spacial score (nSPS) is 17.6. The summed E-state index contributed by atoms with van der Waals surface area (Å²) < 4.78 is 1.89. The second-order valence-corrected chi connectivity index (χ2v) is 11.2. The number of nitrogens with zero attached hydrogens (tertiary/aromatic N) is 2. The molecule has 1 aliphatic carbocycles. The summed E-state index contributed by atoms with van der Waals surface area (Å²) >= 11 is 0. The van der Waals surface area contributed by atoms with Gasteiger partial charge < -0.3 is 20.5 Å². The van der Waals surface area contributed by atoms with Crippen LogP contribution in [0.15, 0.2) is 91.3 Å². The van der Waals surface area contributed by atoms with Crippen molar-refractivity contribution in [3.8, 4) is 0 Å². The highest BCUT2D eigenvalue weighted by Crippen LogP contribution is 2.47. The summed E-state index contributed by atoms with van der Waals surface area (Å²) in [5.41, 5.74) is 7.13. The van der Waals surface area contributed by atoms with E-state index in [4.69, 9.17) is 0 Å². The minimum Gasteiger partial charge on any atom is -0.338 e. The Hall–Kier alpha value is -5.24. The Morgan fingerprint density at radius 1 is 0.929 bits per heavy atom. The summed E-state index contributed by atoms with van der Waals surface area (Å²) in [6.07, 6.45) is 5.08. The molecule has 8 heteroatoms. The van der Waals surface area contributed by atoms with Crippen molar-refractivity contribution in [1.29, 1.82) is 0 Å². The topological polar surface area (TPSA) is 105 Å². The van der Waals surface area contributed by atoms with Crippen molar-refractivity contribution in [1.82, 2.24) is 9.55 Å². The molecule has 42 heavy (non-hydrogen) atoms. The van der Waals surface area contributed by atoms with E-state index in [1.807, 2.05) is 77.5 Å². The number of amides is 3. The van der Waals surface area contributed by atoms with E-state index in [9.17, 15) is 14.4 Å². The highest BCUT2D eigenvalue weighted by Gasteiger charge is 2.51. The Morgan fingerprint density at radius 3 is 2.57 bits per heavy atom. The lowest BCUT2D eigenvalue weighted by Gasteiger charge is -2.20. The second kappa shape index (κ2) is 9.99. The van der Waals surface area contributed by atoms with Crippen LogP contribution in [0.5, 0.6) is 0 Å². The fourth-order valence-electron chi connectivity index (χ4n) is 6.41. The van der Waals surface area contributed by atoms with Crippen molar-refractivity contribution in [2.24, 2.45) is 0 Å². The molecule has 2 aromatic heterocycles. The maximum atomic E-state index is 13.0. The van der Waals surface area contributed by atoms with Gasteiger partial charge in [0.1, 0.15) is 12.4 Å². The summed E-state index contributed by atoms with van der Waals surface area (Å²) in [6.45, 7) is 2.22. The van der Waals surface area contributed by atoms with Gasteiger partial charge in [0.2, 0.25) is 17.7 Å². The van der Waals surface area contributed by atoms with Crippen LogP contribution >= 0.6 is 0 Å². The molecule has 5 aromatic rings. The lowest BCUT2D eigenvalue weighted by Crippen LogP contribution is -2.35. The molecule has 3 aromatic carbocycles. The molecule has 3 aliphatic rings. The first-order chi connectivity index (χ1) is 20.4. The Morgan fingerprint density at radius 2 is 1.76 bits per heavy atom. The van der Waals surface area contributed by atoms with Gasteiger partial charge in [-0.15, -0.1) is 0 Å². The minimum absolute atomic E-state index is 0.0204. The predicted octanol–water partition coefficient (Wildman–Crippen LogP) is 5.15. The predicted molar refractivity (Wildman–Crippen MR) is 162 cm³/mol. The number of aryl methyl sites for hydroxylation is 1. The van der Waals surface area contributed by atoms with Gasteiger partial charge in [-0.25, -0.2) is 4.98 Å². The molecule has 3 amide bonds. The number of benzene rings is 3. The van der Waals surface area contributed by atoms with Gasteiger partial charge in [0.05, 0.1) is 23.0 Å². The summed E-state index contributed by atoms with van der Waals surface area (Å²) in [4.78, 5) is 42.2. The standard InChI is InChI=1S/C27H21N5O3.C7H8/c33-22-10-17-13-32(21-5-1-4-20(30-22)24(17)21)14-23(34)29-18-7-6-15-11-27(12-16(15)9-18)19-3-2-8-28-25(19)31-26(27)35;1-7-5-3-2-4-6-7/h1-9,13H,10-12,14H2,(H,29,34)(H,30,33)(H,28,31,35);2-6H,1H3. The number of aromatic nitrogens is 2. The van der Waals surface area contributed by atoms with Crippen molar-refractivity contribution < 1.29 is 14.4 Å². The molecule has 0 bridgehead atoms. The first-order valence-electron chi connectivity index (χ1n) is 14.0. The minimum atomic E-state index is -0.634. The third-order valence-corrected chi connectivity index (χ3v) is 8.33. The van der Waals surface area contributed by atoms with Crippen LogP contribution in [0.4, 0.5) is 17.2 Å². The number of hydrogen-bond donors (Lipinski definition) is 3. The largest absolute Gasteiger partial charge is 0.338 e. The number of hydrogen-bond acceptors (Lipinski definition) is 4. The zero-order chi connectivity index (χ0) is 28.8. The van der Waals surface area contributed by atoms with Crippen LogP contribution in [-0.2, 0) is 45.6 Å². The van der Waals surface area contributed by atoms with Crippen molar-refractivity contribution in [3.63, 3.8) is 0 Å². The van der Waals surface area contributed by atoms with E-state index in [0.29, 0.717) is 30.8 Å². The van der Waals surface area contributed by atoms with Gasteiger partial charge >= 0.3 is 0 Å². The van der Waals surface area contributed by atoms with Crippen molar-refractivity contribution in [2.75, 3.05) is 16.0 Å². The molecule has 1 spiro atoms. The summed E-state index contributed by atoms with van der Waals surface area (Å²) in [5, 5.41) is 9.82. The van der Waals surface area contributed by atoms with E-state index in [1.54, 1.807) is 6.20 Å². The van der Waals surface area contributed by atoms with Crippen LogP contribution in [0, 0.1) is 6.92 Å². The molecule has 4 heterocycles. The Balaban J connectivity index is 0.000000363. The van der Waals surface area contributed by atoms with E-state index in [1.165, 1.54) is 5.56 Å². The molecule has 1 atom stereocenters. The number of nitrogens with one attached hydrogen (secondary N) is 3. The SMILES string of the molecule is Cc1ccccc1.O=C(Cn1cc2c3c(cccc31)NC(=O)C2)Nc1ccc2c(c1)CC1(C2)C(=O)Nc2ncccc21. The van der Waals surface area contributed by atoms with Crippen LogP contribution in [0.25, 0.3) is 10.9 Å². The fourth-order valence-corrected chi connectivity index (χ4v) is 6.41. The molecule has 1 unspecified atom stereocenters. The van der Waals surface area contributed by atoms with Gasteiger partial charge in [0.25, 0.3) is 0 Å². The molecule has 0 radical (unpaired) electrons. The number of pyridine rings is 1. The Bertz CT molecular complexity index is 1890. The van der Waals surface area contributed by atoms with Gasteiger partial charge in [-0.1, -0.05) is 54.1 Å². The van der Waals surface area contributed by atoms with Crippen LogP contribution < -0.4 is 16.0 Å². The van der Waals surface area contributed by atoms with E-state index in [-0.39, 0.29) is 24.3 Å². The lowest BCUT2D eigenvalue weighted by molar-refractivity contribution is -0.120. The zero-order valence-corrected chi connectivity index (χ0v) is 23.1. The number of anilines is 3. The van der Waals surface area contributed by atoms with Crippen LogP contribution in [-0.4, -0.2) is 27.3 Å². The van der Waals surface area contributed by atoms with E-state index in [0.717, 1.165) is 38.8 Å². The van der Waals surface area contributed by atoms with Crippen LogP contribution in [0.3, 0.4) is 0 Å². The molecule has 0 fully saturated rings. The smallest absolute Gasteiger partial charge is 0.244 e. The first-order valence-corrected chi connectivity index (χ1v) is 14.0. The monoisotopic (exact) mass is 555 g/mol. The summed E-state index contributed by atoms with van der Waals surface area (Å²) in [7, 11) is 0. The molecule has 8 rings (SSSR count). The lowest BCUT2D eigenvalue weighted by atomic mass is 9.79. The average Bonchev–Trinajstić information content (AvgIpc) is 3.61. The van der Waals surface area contributed by atoms with Gasteiger partial charge in [0.15, 0.2) is 0 Å². The van der Waals surface area contributed by atoms with E-state index in [2.05, 4.69) is 40.0 Å². The Labute approximate surface area is 242 Å². The molecular weight excluding hydrogens is 526 g/mol. The van der Waals surface area contributed by atoms with E-state index < -0.39 is 5.41 Å². The third kappa shape index (κ3) is 4.41. The first kappa shape index (κ1) is 25.7. The third-order valence-electron chi connectivity index (χ3n) is 8.33. The average molecular weight is 556 g/mol. The van der Waals surface area contributed by atoms with Gasteiger partial charge in [0, 0.05) is 29.0 Å². The number of rotatable bonds is 3. The second-order valence-electron chi connectivity index (χ2n) is 11.2. The fraction of sp³-hybridized carbons (Fsp3) is 0.176. The maximum Gasteiger partial charge on any atom is 0.244 e. The highest BCUT2D eigenvalue weighted by molar-refractivity contribution is 6.09. The van der Waals surface area contributed by atoms with Crippen molar-refractivity contribution in [2.45, 2.75) is 38.1 Å². The van der Waals surface area contributed by atoms with E-state index >= 15 is 0 Å². The van der Waals surface area contributed by atoms with Crippen molar-refractivity contribution >= 4 is 45.8 Å². The molecule has 208 valence electrons. The Kier molecular flexibility index (Phi) is 6.12. The highest BCUT2D eigenvalue weighted by atomic mass is 16.2. The summed E-state index contributed by atoms with van der Waals surface area (Å²) in [6, 6.07) is 25.7. The molecule has 0 saturated heterocycles. The number of carbonyl (C=O) groups is 3. The van der Waals surface area contributed by atoms with Gasteiger partial charge in [-0.3, -0.25) is 14.4 Å². The van der Waals surface area contributed by atoms with Crippen molar-refractivity contribution in [3.05, 3.63) is 119 Å². The van der Waals surface area contributed by atoms with Crippen LogP contribution in [0.2, 0.25) is 0 Å². The number of fused-ring (bicyclic) bond motifs is 3. The molecule has 2 aliphatic heterocycles. The molecular formula is C34H29N5O3. The van der Waals surface area contributed by atoms with Gasteiger partial charge in [-0.05, 0) is 66.8 Å². The van der Waals surface area contributed by atoms with Gasteiger partial charge in [-0.2, -0.15) is 0 Å². The summed E-state index contributed by atoms with van der Waals surface area (Å²) in [5.74, 6) is 0.421. The van der Waals surface area contributed by atoms with Crippen LogP contribution in [0.1, 0.15) is 27.8 Å². The molecule has 8 nitrogen and oxygen atoms in total. The maximum absolute atomic E-state index is 13.0.